The van der Waals surface area contributed by atoms with E-state index < -0.39 is 0 Å². The van der Waals surface area contributed by atoms with Gasteiger partial charge >= 0.3 is 0 Å². The molecule has 2 N–H and O–H groups in total. The summed E-state index contributed by atoms with van der Waals surface area (Å²) in [5, 5.41) is 12.2. The van der Waals surface area contributed by atoms with E-state index in [4.69, 9.17) is 9.72 Å². The zero-order chi connectivity index (χ0) is 22.1. The number of ether oxygens (including phenoxy) is 1. The van der Waals surface area contributed by atoms with Crippen LogP contribution in [0, 0.1) is 0 Å². The van der Waals surface area contributed by atoms with Crippen molar-refractivity contribution in [2.45, 2.75) is 37.8 Å². The van der Waals surface area contributed by atoms with Crippen molar-refractivity contribution in [2.75, 3.05) is 39.1 Å². The van der Waals surface area contributed by atoms with Crippen LogP contribution in [0.2, 0.25) is 0 Å². The lowest BCUT2D eigenvalue weighted by Crippen LogP contribution is -2.36. The Bertz CT molecular complexity index is 1100. The number of rotatable bonds is 5. The predicted octanol–water partition coefficient (Wildman–Crippen LogP) is 3.45. The smallest absolute Gasteiger partial charge is 0.254 e. The van der Waals surface area contributed by atoms with Crippen LogP contribution in [0.1, 0.15) is 47.8 Å². The predicted molar refractivity (Wildman–Crippen MR) is 124 cm³/mol. The molecule has 32 heavy (non-hydrogen) atoms. The number of carbonyl (C=O) groups excluding carboxylic acids is 1. The van der Waals surface area contributed by atoms with Gasteiger partial charge < -0.3 is 19.9 Å². The highest BCUT2D eigenvalue weighted by molar-refractivity contribution is 5.95. The monoisotopic (exact) mass is 434 g/mol. The van der Waals surface area contributed by atoms with Crippen LogP contribution in [0.4, 0.5) is 5.82 Å². The summed E-state index contributed by atoms with van der Waals surface area (Å²) >= 11 is 0. The number of hydrogen-bond acceptors (Lipinski definition) is 6. The van der Waals surface area contributed by atoms with Crippen molar-refractivity contribution in [1.29, 1.82) is 0 Å². The minimum atomic E-state index is -0.0355. The van der Waals surface area contributed by atoms with Gasteiger partial charge in [-0.1, -0.05) is 6.07 Å². The average molecular weight is 435 g/mol. The number of benzene rings is 1. The molecule has 1 aromatic carbocycles. The van der Waals surface area contributed by atoms with Gasteiger partial charge in [0.25, 0.3) is 5.91 Å². The van der Waals surface area contributed by atoms with Gasteiger partial charge in [-0.05, 0) is 76.2 Å². The summed E-state index contributed by atoms with van der Waals surface area (Å²) in [6.45, 7) is 2.93. The van der Waals surface area contributed by atoms with Crippen molar-refractivity contribution in [3.05, 3.63) is 47.7 Å². The number of pyridine rings is 1. The summed E-state index contributed by atoms with van der Waals surface area (Å²) in [5.74, 6) is 1.57. The highest BCUT2D eigenvalue weighted by Gasteiger charge is 2.32. The van der Waals surface area contributed by atoms with E-state index in [-0.39, 0.29) is 11.9 Å². The Hall–Kier alpha value is -3.13. The quantitative estimate of drug-likeness (QED) is 0.640. The Morgan fingerprint density at radius 2 is 2.00 bits per heavy atom. The molecule has 0 radical (unpaired) electrons. The van der Waals surface area contributed by atoms with Crippen LogP contribution in [-0.2, 0) is 0 Å². The Morgan fingerprint density at radius 1 is 1.16 bits per heavy atom. The lowest BCUT2D eigenvalue weighted by Gasteiger charge is -2.29. The van der Waals surface area contributed by atoms with Crippen LogP contribution in [-0.4, -0.2) is 70.7 Å². The second-order valence-electron chi connectivity index (χ2n) is 8.81. The number of H-pyrrole nitrogens is 1. The molecule has 5 rings (SSSR count). The molecule has 168 valence electrons. The van der Waals surface area contributed by atoms with Crippen molar-refractivity contribution >= 4 is 22.8 Å². The van der Waals surface area contributed by atoms with Crippen LogP contribution in [0.3, 0.4) is 0 Å². The van der Waals surface area contributed by atoms with Gasteiger partial charge in [0.1, 0.15) is 5.75 Å². The number of carbonyl (C=O) groups is 1. The molecule has 0 unspecified atom stereocenters. The second-order valence-corrected chi connectivity index (χ2v) is 8.81. The number of amides is 1. The van der Waals surface area contributed by atoms with Crippen molar-refractivity contribution in [3.63, 3.8) is 0 Å². The largest absolute Gasteiger partial charge is 0.497 e. The van der Waals surface area contributed by atoms with E-state index >= 15 is 0 Å². The maximum Gasteiger partial charge on any atom is 0.254 e. The van der Waals surface area contributed by atoms with E-state index in [1.807, 2.05) is 29.2 Å². The molecule has 0 bridgehead atoms. The summed E-state index contributed by atoms with van der Waals surface area (Å²) in [5.41, 5.74) is 2.31. The molecule has 3 aromatic rings. The molecule has 4 heterocycles. The second kappa shape index (κ2) is 8.78. The average Bonchev–Trinajstić information content (AvgIpc) is 3.47. The molecule has 1 atom stereocenters. The topological polar surface area (TPSA) is 86.4 Å². The first kappa shape index (κ1) is 20.8. The first-order valence-corrected chi connectivity index (χ1v) is 11.4. The van der Waals surface area contributed by atoms with Crippen LogP contribution < -0.4 is 10.1 Å². The third-order valence-corrected chi connectivity index (χ3v) is 6.68. The zero-order valence-electron chi connectivity index (χ0n) is 18.7. The van der Waals surface area contributed by atoms with E-state index in [2.05, 4.69) is 33.5 Å². The molecule has 2 saturated heterocycles. The van der Waals surface area contributed by atoms with Crippen molar-refractivity contribution in [3.8, 4) is 5.75 Å². The standard InChI is InChI=1S/C24H30N6O2/c1-29-13-10-17(11-14-29)25-22-19-8-9-20(26-23(19)28-27-22)21-7-4-12-30(21)24(31)16-5-3-6-18(15-16)32-2/h3,5-6,8-9,15,17,21H,4,7,10-14H2,1-2H3,(H2,25,26,27,28)/t21-/m0/s1. The molecule has 8 heteroatoms. The van der Waals surface area contributed by atoms with Crippen LogP contribution in [0.15, 0.2) is 36.4 Å². The molecule has 0 spiro atoms. The fourth-order valence-electron chi connectivity index (χ4n) is 4.80. The van der Waals surface area contributed by atoms with Gasteiger partial charge in [-0.3, -0.25) is 9.89 Å². The summed E-state index contributed by atoms with van der Waals surface area (Å²) in [4.78, 5) is 22.4. The molecule has 8 nitrogen and oxygen atoms in total. The molecule has 0 saturated carbocycles. The maximum absolute atomic E-state index is 13.2. The number of aromatic amines is 1. The minimum absolute atomic E-state index is 0.0162. The summed E-state index contributed by atoms with van der Waals surface area (Å²) in [7, 11) is 3.78. The Balaban J connectivity index is 1.35. The third kappa shape index (κ3) is 4.02. The fraction of sp³-hybridized carbons (Fsp3) is 0.458. The number of hydrogen-bond donors (Lipinski definition) is 2. The number of piperidine rings is 1. The van der Waals surface area contributed by atoms with Gasteiger partial charge in [0.05, 0.1) is 24.2 Å². The molecular formula is C24H30N6O2. The van der Waals surface area contributed by atoms with E-state index in [0.717, 1.165) is 67.9 Å². The number of nitrogens with zero attached hydrogens (tertiary/aromatic N) is 4. The molecule has 2 fully saturated rings. The summed E-state index contributed by atoms with van der Waals surface area (Å²) in [6, 6.07) is 11.9. The number of methoxy groups -OCH3 is 1. The van der Waals surface area contributed by atoms with Crippen molar-refractivity contribution < 1.29 is 9.53 Å². The lowest BCUT2D eigenvalue weighted by molar-refractivity contribution is 0.0732. The van der Waals surface area contributed by atoms with Gasteiger partial charge in [-0.25, -0.2) is 4.98 Å². The number of aromatic nitrogens is 3. The number of nitrogens with one attached hydrogen (secondary N) is 2. The van der Waals surface area contributed by atoms with E-state index in [1.165, 1.54) is 0 Å². The number of anilines is 1. The summed E-state index contributed by atoms with van der Waals surface area (Å²) in [6.07, 6.45) is 4.09. The molecule has 2 aliphatic rings. The van der Waals surface area contributed by atoms with Crippen LogP contribution in [0.25, 0.3) is 11.0 Å². The summed E-state index contributed by atoms with van der Waals surface area (Å²) < 4.78 is 5.29. The molecule has 2 aromatic heterocycles. The van der Waals surface area contributed by atoms with E-state index in [9.17, 15) is 4.79 Å². The van der Waals surface area contributed by atoms with Gasteiger partial charge in [-0.15, -0.1) is 0 Å². The van der Waals surface area contributed by atoms with Crippen LogP contribution >= 0.6 is 0 Å². The Morgan fingerprint density at radius 3 is 2.81 bits per heavy atom. The van der Waals surface area contributed by atoms with Gasteiger partial charge in [0.15, 0.2) is 11.5 Å². The maximum atomic E-state index is 13.2. The number of fused-ring (bicyclic) bond motifs is 1. The lowest BCUT2D eigenvalue weighted by atomic mass is 10.1. The highest BCUT2D eigenvalue weighted by Crippen LogP contribution is 2.34. The SMILES string of the molecule is COc1cccc(C(=O)N2CCC[C@H]2c2ccc3c(NC4CCN(C)CC4)n[nH]c3n2)c1. The first-order chi connectivity index (χ1) is 15.6. The normalized spacial score (nSPS) is 20.1. The van der Waals surface area contributed by atoms with Crippen molar-refractivity contribution in [1.82, 2.24) is 25.0 Å². The van der Waals surface area contributed by atoms with Gasteiger partial charge in [0, 0.05) is 18.2 Å². The third-order valence-electron chi connectivity index (χ3n) is 6.68. The molecular weight excluding hydrogens is 404 g/mol. The van der Waals surface area contributed by atoms with E-state index in [1.54, 1.807) is 13.2 Å². The highest BCUT2D eigenvalue weighted by atomic mass is 16.5. The fourth-order valence-corrected chi connectivity index (χ4v) is 4.80. The number of likely N-dealkylation sites (tertiary alicyclic amines) is 2. The molecule has 0 aliphatic carbocycles. The van der Waals surface area contributed by atoms with Gasteiger partial charge in [-0.2, -0.15) is 5.10 Å². The van der Waals surface area contributed by atoms with Crippen molar-refractivity contribution in [2.24, 2.45) is 0 Å². The Labute approximate surface area is 187 Å². The Kier molecular flexibility index (Phi) is 5.70. The van der Waals surface area contributed by atoms with Gasteiger partial charge in [0.2, 0.25) is 0 Å². The zero-order valence-corrected chi connectivity index (χ0v) is 18.7. The van der Waals surface area contributed by atoms with E-state index in [0.29, 0.717) is 17.4 Å². The molecule has 2 aliphatic heterocycles. The minimum Gasteiger partial charge on any atom is -0.497 e. The molecule has 1 amide bonds. The first-order valence-electron chi connectivity index (χ1n) is 11.4. The van der Waals surface area contributed by atoms with Crippen LogP contribution in [0.5, 0.6) is 5.75 Å².